The number of likely N-dealkylation sites (N-methyl/N-ethyl adjacent to an activating group) is 1. The van der Waals surface area contributed by atoms with Crippen LogP contribution in [0, 0.1) is 0 Å². The molecule has 0 aliphatic rings. The van der Waals surface area contributed by atoms with E-state index < -0.39 is 12.7 Å². The van der Waals surface area contributed by atoms with Crippen LogP contribution in [0.15, 0.2) is 0 Å². The molecular weight excluding hydrogens is 217 g/mol. The van der Waals surface area contributed by atoms with Crippen LogP contribution in [0.5, 0.6) is 0 Å². The fourth-order valence-electron chi connectivity index (χ4n) is 1.60. The Labute approximate surface area is 96.2 Å². The van der Waals surface area contributed by atoms with E-state index in [1.807, 2.05) is 13.8 Å². The molecule has 0 spiro atoms. The van der Waals surface area contributed by atoms with Gasteiger partial charge in [-0.2, -0.15) is 13.2 Å². The van der Waals surface area contributed by atoms with Crippen LogP contribution in [0.2, 0.25) is 0 Å². The number of hydrogen-bond donors (Lipinski definition) is 1. The van der Waals surface area contributed by atoms with Gasteiger partial charge in [0.1, 0.15) is 0 Å². The summed E-state index contributed by atoms with van der Waals surface area (Å²) in [7, 11) is 0. The summed E-state index contributed by atoms with van der Waals surface area (Å²) in [5, 5.41) is 3.19. The average Bonchev–Trinajstić information content (AvgIpc) is 2.13. The van der Waals surface area contributed by atoms with Crippen molar-refractivity contribution in [2.75, 3.05) is 19.6 Å². The predicted molar refractivity (Wildman–Crippen MR) is 60.5 cm³/mol. The molecule has 0 aromatic heterocycles. The van der Waals surface area contributed by atoms with Crippen molar-refractivity contribution in [3.8, 4) is 0 Å². The zero-order valence-corrected chi connectivity index (χ0v) is 10.6. The lowest BCUT2D eigenvalue weighted by atomic mass is 10.2. The van der Waals surface area contributed by atoms with Crippen molar-refractivity contribution in [1.82, 2.24) is 10.2 Å². The number of alkyl halides is 3. The Morgan fingerprint density at radius 3 is 2.06 bits per heavy atom. The fourth-order valence-corrected chi connectivity index (χ4v) is 1.60. The van der Waals surface area contributed by atoms with Gasteiger partial charge >= 0.3 is 6.18 Å². The first-order valence-electron chi connectivity index (χ1n) is 5.84. The van der Waals surface area contributed by atoms with Crippen LogP contribution in [0.1, 0.15) is 34.1 Å². The van der Waals surface area contributed by atoms with Crippen LogP contribution in [-0.2, 0) is 0 Å². The van der Waals surface area contributed by atoms with Crippen molar-refractivity contribution in [2.24, 2.45) is 0 Å². The van der Waals surface area contributed by atoms with Gasteiger partial charge in [-0.1, -0.05) is 13.8 Å². The summed E-state index contributed by atoms with van der Waals surface area (Å²) >= 11 is 0. The molecule has 5 heteroatoms. The first kappa shape index (κ1) is 15.7. The molecule has 0 heterocycles. The van der Waals surface area contributed by atoms with Gasteiger partial charge in [-0.25, -0.2) is 0 Å². The third-order valence-electron chi connectivity index (χ3n) is 2.55. The predicted octanol–water partition coefficient (Wildman–Crippen LogP) is 2.65. The second-order valence-corrected chi connectivity index (χ2v) is 4.30. The van der Waals surface area contributed by atoms with E-state index in [1.54, 1.807) is 13.8 Å². The van der Waals surface area contributed by atoms with E-state index >= 15 is 0 Å². The normalized spacial score (nSPS) is 14.8. The average molecular weight is 240 g/mol. The molecule has 16 heavy (non-hydrogen) atoms. The number of hydrogen-bond acceptors (Lipinski definition) is 2. The highest BCUT2D eigenvalue weighted by atomic mass is 19.4. The minimum atomic E-state index is -4.12. The Balaban J connectivity index is 4.31. The second-order valence-electron chi connectivity index (χ2n) is 4.30. The van der Waals surface area contributed by atoms with Crippen LogP contribution >= 0.6 is 0 Å². The molecule has 0 radical (unpaired) electrons. The molecule has 0 aromatic rings. The lowest BCUT2D eigenvalue weighted by molar-refractivity contribution is -0.150. The third-order valence-corrected chi connectivity index (χ3v) is 2.55. The van der Waals surface area contributed by atoms with Gasteiger partial charge in [0.25, 0.3) is 0 Å². The Bertz CT molecular complexity index is 181. The van der Waals surface area contributed by atoms with E-state index in [-0.39, 0.29) is 12.1 Å². The van der Waals surface area contributed by atoms with Crippen molar-refractivity contribution in [3.05, 3.63) is 0 Å². The molecule has 1 N–H and O–H groups in total. The SMILES string of the molecule is CCNC(CC)CN(CC(F)(F)F)C(C)C. The highest BCUT2D eigenvalue weighted by Gasteiger charge is 2.32. The van der Waals surface area contributed by atoms with Crippen molar-refractivity contribution in [2.45, 2.75) is 52.4 Å². The van der Waals surface area contributed by atoms with E-state index in [1.165, 1.54) is 4.90 Å². The number of nitrogens with zero attached hydrogens (tertiary/aromatic N) is 1. The maximum atomic E-state index is 12.3. The van der Waals surface area contributed by atoms with Gasteiger partial charge in [-0.05, 0) is 26.8 Å². The standard InChI is InChI=1S/C11H23F3N2/c1-5-10(15-6-2)7-16(9(3)4)8-11(12,13)14/h9-10,15H,5-8H2,1-4H3. The molecule has 0 saturated heterocycles. The third kappa shape index (κ3) is 7.06. The van der Waals surface area contributed by atoms with Gasteiger partial charge in [-0.3, -0.25) is 4.90 Å². The minimum Gasteiger partial charge on any atom is -0.313 e. The largest absolute Gasteiger partial charge is 0.401 e. The lowest BCUT2D eigenvalue weighted by Crippen LogP contribution is -2.47. The van der Waals surface area contributed by atoms with Crippen molar-refractivity contribution < 1.29 is 13.2 Å². The van der Waals surface area contributed by atoms with Gasteiger partial charge in [0.05, 0.1) is 6.54 Å². The lowest BCUT2D eigenvalue weighted by Gasteiger charge is -2.31. The quantitative estimate of drug-likeness (QED) is 0.736. The Hall–Kier alpha value is -0.290. The summed E-state index contributed by atoms with van der Waals surface area (Å²) in [5.74, 6) is 0. The summed E-state index contributed by atoms with van der Waals surface area (Å²) in [6.45, 7) is 7.95. The summed E-state index contributed by atoms with van der Waals surface area (Å²) < 4.78 is 37.0. The van der Waals surface area contributed by atoms with E-state index in [2.05, 4.69) is 5.32 Å². The van der Waals surface area contributed by atoms with Gasteiger partial charge in [0.15, 0.2) is 0 Å². The second kappa shape index (κ2) is 7.12. The summed E-state index contributed by atoms with van der Waals surface area (Å²) in [4.78, 5) is 1.47. The van der Waals surface area contributed by atoms with Gasteiger partial charge in [0, 0.05) is 18.6 Å². The molecule has 1 unspecified atom stereocenters. The molecule has 98 valence electrons. The van der Waals surface area contributed by atoms with E-state index in [0.29, 0.717) is 6.54 Å². The number of halogens is 3. The first-order valence-corrected chi connectivity index (χ1v) is 5.84. The van der Waals surface area contributed by atoms with E-state index in [0.717, 1.165) is 13.0 Å². The van der Waals surface area contributed by atoms with Gasteiger partial charge in [-0.15, -0.1) is 0 Å². The maximum Gasteiger partial charge on any atom is 0.401 e. The fraction of sp³-hybridized carbons (Fsp3) is 1.00. The molecule has 0 bridgehead atoms. The molecule has 0 saturated carbocycles. The van der Waals surface area contributed by atoms with Crippen LogP contribution in [0.3, 0.4) is 0 Å². The van der Waals surface area contributed by atoms with Crippen LogP contribution in [-0.4, -0.2) is 42.8 Å². The van der Waals surface area contributed by atoms with Crippen LogP contribution in [0.4, 0.5) is 13.2 Å². The smallest absolute Gasteiger partial charge is 0.313 e. The highest BCUT2D eigenvalue weighted by Crippen LogP contribution is 2.18. The Morgan fingerprint density at radius 2 is 1.75 bits per heavy atom. The topological polar surface area (TPSA) is 15.3 Å². The van der Waals surface area contributed by atoms with E-state index in [4.69, 9.17) is 0 Å². The van der Waals surface area contributed by atoms with Crippen molar-refractivity contribution in [3.63, 3.8) is 0 Å². The molecule has 0 fully saturated rings. The zero-order valence-electron chi connectivity index (χ0n) is 10.6. The molecule has 2 nitrogen and oxygen atoms in total. The summed E-state index contributed by atoms with van der Waals surface area (Å²) in [6.07, 6.45) is -3.27. The number of nitrogens with one attached hydrogen (secondary N) is 1. The van der Waals surface area contributed by atoms with Gasteiger partial charge < -0.3 is 5.32 Å². The van der Waals surface area contributed by atoms with Crippen molar-refractivity contribution in [1.29, 1.82) is 0 Å². The minimum absolute atomic E-state index is 0.0886. The summed E-state index contributed by atoms with van der Waals surface area (Å²) in [5.41, 5.74) is 0. The van der Waals surface area contributed by atoms with Crippen molar-refractivity contribution >= 4 is 0 Å². The number of rotatable bonds is 7. The molecule has 0 aromatic carbocycles. The molecule has 0 aliphatic heterocycles. The molecule has 1 atom stereocenters. The molecule has 0 aliphatic carbocycles. The van der Waals surface area contributed by atoms with Crippen LogP contribution < -0.4 is 5.32 Å². The monoisotopic (exact) mass is 240 g/mol. The highest BCUT2D eigenvalue weighted by molar-refractivity contribution is 4.74. The summed E-state index contributed by atoms with van der Waals surface area (Å²) in [6, 6.07) is 0.0454. The zero-order chi connectivity index (χ0) is 12.8. The Kier molecular flexibility index (Phi) is 6.99. The van der Waals surface area contributed by atoms with E-state index in [9.17, 15) is 13.2 Å². The van der Waals surface area contributed by atoms with Crippen LogP contribution in [0.25, 0.3) is 0 Å². The van der Waals surface area contributed by atoms with Gasteiger partial charge in [0.2, 0.25) is 0 Å². The molecule has 0 rings (SSSR count). The first-order chi connectivity index (χ1) is 7.30. The Morgan fingerprint density at radius 1 is 1.19 bits per heavy atom. The molecule has 0 amide bonds. The molecular formula is C11H23F3N2. The maximum absolute atomic E-state index is 12.3.